The van der Waals surface area contributed by atoms with Crippen LogP contribution in [0.5, 0.6) is 5.75 Å². The lowest BCUT2D eigenvalue weighted by molar-refractivity contribution is -0.134. The van der Waals surface area contributed by atoms with Crippen LogP contribution in [0.3, 0.4) is 0 Å². The molecule has 17 heavy (non-hydrogen) atoms. The maximum Gasteiger partial charge on any atom is 0.312 e. The smallest absolute Gasteiger partial charge is 0.312 e. The van der Waals surface area contributed by atoms with Gasteiger partial charge >= 0.3 is 5.97 Å². The molecule has 0 aliphatic heterocycles. The Morgan fingerprint density at radius 2 is 1.82 bits per heavy atom. The summed E-state index contributed by atoms with van der Waals surface area (Å²) >= 11 is 0. The van der Waals surface area contributed by atoms with Crippen molar-refractivity contribution < 1.29 is 9.53 Å². The molecule has 0 saturated heterocycles. The Morgan fingerprint density at radius 1 is 1.24 bits per heavy atom. The molecule has 0 amide bonds. The molecule has 0 saturated carbocycles. The van der Waals surface area contributed by atoms with Gasteiger partial charge in [0.2, 0.25) is 0 Å². The summed E-state index contributed by atoms with van der Waals surface area (Å²) in [5.74, 6) is 0.405. The Labute approximate surface area is 103 Å². The number of rotatable bonds is 4. The number of ether oxygens (including phenoxy) is 1. The zero-order chi connectivity index (χ0) is 12.9. The molecule has 0 spiro atoms. The van der Waals surface area contributed by atoms with Gasteiger partial charge in [-0.3, -0.25) is 4.79 Å². The molecular formula is C14H21NO2. The minimum absolute atomic E-state index is 0.120. The van der Waals surface area contributed by atoms with Crippen molar-refractivity contribution in [1.82, 2.24) is 5.32 Å². The number of esters is 1. The van der Waals surface area contributed by atoms with Crippen molar-refractivity contribution >= 4 is 5.97 Å². The van der Waals surface area contributed by atoms with Crippen LogP contribution >= 0.6 is 0 Å². The zero-order valence-electron chi connectivity index (χ0n) is 11.0. The summed E-state index contributed by atoms with van der Waals surface area (Å²) in [6.45, 7) is 7.10. The van der Waals surface area contributed by atoms with Crippen LogP contribution in [0.15, 0.2) is 24.3 Å². The maximum atomic E-state index is 11.4. The van der Waals surface area contributed by atoms with Crippen LogP contribution in [0.1, 0.15) is 32.8 Å². The van der Waals surface area contributed by atoms with Gasteiger partial charge in [0.05, 0.1) is 6.42 Å². The first-order valence-corrected chi connectivity index (χ1v) is 5.89. The summed E-state index contributed by atoms with van der Waals surface area (Å²) in [6, 6.07) is 7.69. The molecule has 0 atom stereocenters. The third kappa shape index (κ3) is 4.57. The van der Waals surface area contributed by atoms with Crippen LogP contribution in [0.2, 0.25) is 0 Å². The van der Waals surface area contributed by atoms with Crippen LogP contribution in [0.25, 0.3) is 0 Å². The highest BCUT2D eigenvalue weighted by molar-refractivity contribution is 5.72. The molecule has 0 bridgehead atoms. The Hall–Kier alpha value is -1.35. The molecular weight excluding hydrogens is 214 g/mol. The van der Waals surface area contributed by atoms with Gasteiger partial charge in [-0.2, -0.15) is 0 Å². The summed E-state index contributed by atoms with van der Waals surface area (Å²) in [7, 11) is 1.81. The molecule has 0 aliphatic carbocycles. The van der Waals surface area contributed by atoms with E-state index in [1.807, 2.05) is 31.3 Å². The molecule has 1 N–H and O–H groups in total. The van der Waals surface area contributed by atoms with Crippen LogP contribution in [-0.4, -0.2) is 19.6 Å². The standard InChI is InChI=1S/C14H21NO2/c1-14(2,3)11-5-7-12(8-6-11)17-13(16)9-10-15-4/h5-8,15H,9-10H2,1-4H3. The molecule has 1 rings (SSSR count). The van der Waals surface area contributed by atoms with E-state index < -0.39 is 0 Å². The fraction of sp³-hybridized carbons (Fsp3) is 0.500. The van der Waals surface area contributed by atoms with Crippen molar-refractivity contribution in [2.24, 2.45) is 0 Å². The number of carbonyl (C=O) groups excluding carboxylic acids is 1. The van der Waals surface area contributed by atoms with E-state index in [0.717, 1.165) is 0 Å². The summed E-state index contributed by atoms with van der Waals surface area (Å²) in [5.41, 5.74) is 1.35. The van der Waals surface area contributed by atoms with E-state index in [2.05, 4.69) is 26.1 Å². The first kappa shape index (κ1) is 13.7. The predicted molar refractivity (Wildman–Crippen MR) is 69.3 cm³/mol. The van der Waals surface area contributed by atoms with Crippen LogP contribution in [0, 0.1) is 0 Å². The second-order valence-corrected chi connectivity index (χ2v) is 5.10. The molecule has 3 nitrogen and oxygen atoms in total. The number of hydrogen-bond acceptors (Lipinski definition) is 3. The minimum Gasteiger partial charge on any atom is -0.426 e. The van der Waals surface area contributed by atoms with Gasteiger partial charge in [0.15, 0.2) is 0 Å². The van der Waals surface area contributed by atoms with Crippen molar-refractivity contribution in [2.45, 2.75) is 32.6 Å². The molecule has 0 aromatic heterocycles. The second-order valence-electron chi connectivity index (χ2n) is 5.10. The summed E-state index contributed by atoms with van der Waals surface area (Å²) in [5, 5.41) is 2.91. The highest BCUT2D eigenvalue weighted by atomic mass is 16.5. The third-order valence-corrected chi connectivity index (χ3v) is 2.53. The van der Waals surface area contributed by atoms with E-state index >= 15 is 0 Å². The number of benzene rings is 1. The molecule has 1 aromatic carbocycles. The van der Waals surface area contributed by atoms with Gasteiger partial charge in [-0.1, -0.05) is 32.9 Å². The van der Waals surface area contributed by atoms with Crippen LogP contribution in [-0.2, 0) is 10.2 Å². The van der Waals surface area contributed by atoms with Crippen molar-refractivity contribution in [3.8, 4) is 5.75 Å². The van der Waals surface area contributed by atoms with Gasteiger partial charge in [-0.25, -0.2) is 0 Å². The average molecular weight is 235 g/mol. The van der Waals surface area contributed by atoms with E-state index in [9.17, 15) is 4.79 Å². The fourth-order valence-corrected chi connectivity index (χ4v) is 1.43. The fourth-order valence-electron chi connectivity index (χ4n) is 1.43. The quantitative estimate of drug-likeness (QED) is 0.643. The van der Waals surface area contributed by atoms with Gasteiger partial charge in [-0.15, -0.1) is 0 Å². The predicted octanol–water partition coefficient (Wildman–Crippen LogP) is 2.50. The summed E-state index contributed by atoms with van der Waals surface area (Å²) in [4.78, 5) is 11.4. The van der Waals surface area contributed by atoms with Gasteiger partial charge in [0.25, 0.3) is 0 Å². The lowest BCUT2D eigenvalue weighted by Gasteiger charge is -2.18. The largest absolute Gasteiger partial charge is 0.426 e. The second kappa shape index (κ2) is 5.82. The zero-order valence-corrected chi connectivity index (χ0v) is 11.0. The molecule has 0 heterocycles. The lowest BCUT2D eigenvalue weighted by atomic mass is 9.87. The third-order valence-electron chi connectivity index (χ3n) is 2.53. The van der Waals surface area contributed by atoms with E-state index in [1.54, 1.807) is 0 Å². The first-order valence-electron chi connectivity index (χ1n) is 5.89. The molecule has 0 radical (unpaired) electrons. The van der Waals surface area contributed by atoms with Crippen LogP contribution < -0.4 is 10.1 Å². The van der Waals surface area contributed by atoms with E-state index in [0.29, 0.717) is 18.7 Å². The molecule has 0 unspecified atom stereocenters. The maximum absolute atomic E-state index is 11.4. The van der Waals surface area contributed by atoms with Crippen LogP contribution in [0.4, 0.5) is 0 Å². The van der Waals surface area contributed by atoms with Crippen molar-refractivity contribution in [2.75, 3.05) is 13.6 Å². The highest BCUT2D eigenvalue weighted by Gasteiger charge is 2.13. The van der Waals surface area contributed by atoms with Crippen molar-refractivity contribution in [3.63, 3.8) is 0 Å². The Balaban J connectivity index is 2.60. The summed E-state index contributed by atoms with van der Waals surface area (Å²) < 4.78 is 5.21. The van der Waals surface area contributed by atoms with Gasteiger partial charge in [0, 0.05) is 6.54 Å². The van der Waals surface area contributed by atoms with E-state index in [1.165, 1.54) is 5.56 Å². The monoisotopic (exact) mass is 235 g/mol. The summed E-state index contributed by atoms with van der Waals surface area (Å²) in [6.07, 6.45) is 0.386. The normalized spacial score (nSPS) is 11.3. The SMILES string of the molecule is CNCCC(=O)Oc1ccc(C(C)(C)C)cc1. The topological polar surface area (TPSA) is 38.3 Å². The van der Waals surface area contributed by atoms with Gasteiger partial charge in [-0.05, 0) is 30.2 Å². The Morgan fingerprint density at radius 3 is 2.29 bits per heavy atom. The minimum atomic E-state index is -0.206. The number of carbonyl (C=O) groups is 1. The molecule has 1 aromatic rings. The number of hydrogen-bond donors (Lipinski definition) is 1. The first-order chi connectivity index (χ1) is 7.93. The molecule has 0 fully saturated rings. The Kier molecular flexibility index (Phi) is 4.70. The van der Waals surface area contributed by atoms with Gasteiger partial charge < -0.3 is 10.1 Å². The lowest BCUT2D eigenvalue weighted by Crippen LogP contribution is -2.17. The molecule has 3 heteroatoms. The average Bonchev–Trinajstić information content (AvgIpc) is 2.26. The Bertz CT molecular complexity index is 363. The van der Waals surface area contributed by atoms with E-state index in [4.69, 9.17) is 4.74 Å². The van der Waals surface area contributed by atoms with E-state index in [-0.39, 0.29) is 11.4 Å². The molecule has 94 valence electrons. The van der Waals surface area contributed by atoms with Crippen molar-refractivity contribution in [1.29, 1.82) is 0 Å². The van der Waals surface area contributed by atoms with Gasteiger partial charge in [0.1, 0.15) is 5.75 Å². The van der Waals surface area contributed by atoms with Crippen molar-refractivity contribution in [3.05, 3.63) is 29.8 Å². The molecule has 0 aliphatic rings. The highest BCUT2D eigenvalue weighted by Crippen LogP contribution is 2.24. The number of nitrogens with one attached hydrogen (secondary N) is 1.